The van der Waals surface area contributed by atoms with Gasteiger partial charge in [0.05, 0.1) is 30.9 Å². The number of rotatable bonds is 9. The average molecular weight is 517 g/mol. The predicted octanol–water partition coefficient (Wildman–Crippen LogP) is 3.56. The Morgan fingerprint density at radius 1 is 1.08 bits per heavy atom. The van der Waals surface area contributed by atoms with Gasteiger partial charge in [0.2, 0.25) is 16.0 Å². The van der Waals surface area contributed by atoms with E-state index in [1.165, 1.54) is 14.2 Å². The minimum atomic E-state index is -3.92. The molecular weight excluding hydrogens is 484 g/mol. The van der Waals surface area contributed by atoms with Crippen LogP contribution in [0.5, 0.6) is 11.5 Å². The third-order valence-electron chi connectivity index (χ3n) is 6.48. The Morgan fingerprint density at radius 2 is 1.81 bits per heavy atom. The SMILES string of the molecule is COc1cccc(OC)c1-n1c(NS(=O)(=O)[C@@H](C)[C@H](C)c2cnc(C)cn2)nnc1C1CCCCO1. The van der Waals surface area contributed by atoms with E-state index in [2.05, 4.69) is 24.9 Å². The minimum Gasteiger partial charge on any atom is -0.494 e. The number of methoxy groups -OCH3 is 2. The summed E-state index contributed by atoms with van der Waals surface area (Å²) in [6.07, 6.45) is 5.54. The minimum absolute atomic E-state index is 0.0241. The third-order valence-corrected chi connectivity index (χ3v) is 8.33. The van der Waals surface area contributed by atoms with Crippen molar-refractivity contribution in [2.24, 2.45) is 0 Å². The van der Waals surface area contributed by atoms with Gasteiger partial charge in [0.15, 0.2) is 5.82 Å². The second-order valence-corrected chi connectivity index (χ2v) is 10.8. The molecular formula is C24H32N6O5S. The first kappa shape index (κ1) is 25.8. The van der Waals surface area contributed by atoms with Gasteiger partial charge in [-0.2, -0.15) is 0 Å². The number of ether oxygens (including phenoxy) is 3. The van der Waals surface area contributed by atoms with Crippen molar-refractivity contribution in [2.45, 2.75) is 57.3 Å². The molecule has 1 N–H and O–H groups in total. The molecule has 3 aromatic rings. The molecule has 0 spiro atoms. The van der Waals surface area contributed by atoms with Crippen LogP contribution in [0, 0.1) is 6.92 Å². The first-order chi connectivity index (χ1) is 17.3. The van der Waals surface area contributed by atoms with Crippen LogP contribution in [0.15, 0.2) is 30.6 Å². The van der Waals surface area contributed by atoms with Gasteiger partial charge in [-0.25, -0.2) is 8.42 Å². The Hall–Kier alpha value is -3.25. The van der Waals surface area contributed by atoms with E-state index < -0.39 is 21.2 Å². The van der Waals surface area contributed by atoms with Crippen LogP contribution in [0.2, 0.25) is 0 Å². The topological polar surface area (TPSA) is 130 Å². The van der Waals surface area contributed by atoms with Crippen molar-refractivity contribution < 1.29 is 22.6 Å². The standard InChI is InChI=1S/C24H32N6O5S/c1-15-13-26-18(14-25-15)16(2)17(3)36(31,32)29-24-28-27-23(21-9-6-7-12-35-21)30(24)22-19(33-4)10-8-11-20(22)34-5/h8,10-11,13-14,16-17,21H,6-7,9,12H2,1-5H3,(H,28,29)/t16-,17-,21?/m0/s1. The molecule has 1 aromatic carbocycles. The quantitative estimate of drug-likeness (QED) is 0.453. The van der Waals surface area contributed by atoms with Crippen molar-refractivity contribution in [3.05, 3.63) is 47.8 Å². The number of para-hydroxylation sites is 1. The summed E-state index contributed by atoms with van der Waals surface area (Å²) in [4.78, 5) is 8.61. The van der Waals surface area contributed by atoms with E-state index in [0.29, 0.717) is 35.3 Å². The smallest absolute Gasteiger partial charge is 0.243 e. The zero-order valence-corrected chi connectivity index (χ0v) is 21.9. The van der Waals surface area contributed by atoms with Crippen LogP contribution in [0.3, 0.4) is 0 Å². The molecule has 0 amide bonds. The zero-order chi connectivity index (χ0) is 25.9. The average Bonchev–Trinajstić information content (AvgIpc) is 3.30. The summed E-state index contributed by atoms with van der Waals surface area (Å²) in [7, 11) is -0.847. The molecule has 12 heteroatoms. The van der Waals surface area contributed by atoms with Gasteiger partial charge in [-0.05, 0) is 45.2 Å². The number of aromatic nitrogens is 5. The summed E-state index contributed by atoms with van der Waals surface area (Å²) in [5.41, 5.74) is 1.83. The Kier molecular flexibility index (Phi) is 7.74. The predicted molar refractivity (Wildman–Crippen MR) is 134 cm³/mol. The highest BCUT2D eigenvalue weighted by Gasteiger charge is 2.33. The Morgan fingerprint density at radius 3 is 2.39 bits per heavy atom. The second-order valence-electron chi connectivity index (χ2n) is 8.81. The summed E-state index contributed by atoms with van der Waals surface area (Å²) in [6, 6.07) is 5.32. The van der Waals surface area contributed by atoms with Crippen LogP contribution in [-0.4, -0.2) is 59.2 Å². The van der Waals surface area contributed by atoms with Gasteiger partial charge in [0.1, 0.15) is 23.3 Å². The number of nitrogens with zero attached hydrogens (tertiary/aromatic N) is 5. The van der Waals surface area contributed by atoms with Gasteiger partial charge in [-0.3, -0.25) is 19.3 Å². The molecule has 11 nitrogen and oxygen atoms in total. The van der Waals surface area contributed by atoms with Crippen LogP contribution in [0.1, 0.15) is 62.3 Å². The second kappa shape index (κ2) is 10.8. The maximum Gasteiger partial charge on any atom is 0.243 e. The van der Waals surface area contributed by atoms with E-state index in [1.807, 2.05) is 6.92 Å². The number of hydrogen-bond acceptors (Lipinski definition) is 9. The maximum absolute atomic E-state index is 13.5. The van der Waals surface area contributed by atoms with Gasteiger partial charge < -0.3 is 14.2 Å². The molecule has 2 aromatic heterocycles. The van der Waals surface area contributed by atoms with Crippen LogP contribution < -0.4 is 14.2 Å². The van der Waals surface area contributed by atoms with Crippen molar-refractivity contribution in [3.63, 3.8) is 0 Å². The van der Waals surface area contributed by atoms with Crippen molar-refractivity contribution in [3.8, 4) is 17.2 Å². The largest absolute Gasteiger partial charge is 0.494 e. The van der Waals surface area contributed by atoms with Crippen LogP contribution in [0.4, 0.5) is 5.95 Å². The molecule has 1 fully saturated rings. The summed E-state index contributed by atoms with van der Waals surface area (Å²) < 4.78 is 48.5. The molecule has 0 radical (unpaired) electrons. The molecule has 1 unspecified atom stereocenters. The summed E-state index contributed by atoms with van der Waals surface area (Å²) in [5.74, 6) is 1.02. The van der Waals surface area contributed by atoms with E-state index in [1.54, 1.807) is 49.0 Å². The van der Waals surface area contributed by atoms with E-state index >= 15 is 0 Å². The van der Waals surface area contributed by atoms with Gasteiger partial charge in [-0.1, -0.05) is 13.0 Å². The van der Waals surface area contributed by atoms with Crippen molar-refractivity contribution >= 4 is 16.0 Å². The highest BCUT2D eigenvalue weighted by atomic mass is 32.2. The van der Waals surface area contributed by atoms with Gasteiger partial charge in [-0.15, -0.1) is 10.2 Å². The highest BCUT2D eigenvalue weighted by Crippen LogP contribution is 2.39. The maximum atomic E-state index is 13.5. The molecule has 194 valence electrons. The number of hydrogen-bond donors (Lipinski definition) is 1. The number of anilines is 1. The number of benzene rings is 1. The van der Waals surface area contributed by atoms with Crippen LogP contribution in [0.25, 0.3) is 5.69 Å². The summed E-state index contributed by atoms with van der Waals surface area (Å²) >= 11 is 0. The molecule has 36 heavy (non-hydrogen) atoms. The fourth-order valence-electron chi connectivity index (χ4n) is 4.15. The van der Waals surface area contributed by atoms with E-state index in [0.717, 1.165) is 25.0 Å². The molecule has 0 aliphatic carbocycles. The summed E-state index contributed by atoms with van der Waals surface area (Å²) in [6.45, 7) is 5.85. The molecule has 3 heterocycles. The lowest BCUT2D eigenvalue weighted by molar-refractivity contribution is 0.00839. The van der Waals surface area contributed by atoms with E-state index in [-0.39, 0.29) is 12.1 Å². The molecule has 3 atom stereocenters. The molecule has 1 aliphatic rings. The fourth-order valence-corrected chi connectivity index (χ4v) is 5.40. The Labute approximate surface area is 211 Å². The molecule has 1 aliphatic heterocycles. The van der Waals surface area contributed by atoms with Crippen LogP contribution in [-0.2, 0) is 14.8 Å². The normalized spacial score (nSPS) is 17.9. The third kappa shape index (κ3) is 5.14. The number of sulfonamides is 1. The molecule has 0 bridgehead atoms. The zero-order valence-electron chi connectivity index (χ0n) is 21.1. The molecule has 4 rings (SSSR count). The van der Waals surface area contributed by atoms with E-state index in [4.69, 9.17) is 14.2 Å². The van der Waals surface area contributed by atoms with Crippen molar-refractivity contribution in [2.75, 3.05) is 25.5 Å². The first-order valence-corrected chi connectivity index (χ1v) is 13.4. The lowest BCUT2D eigenvalue weighted by Crippen LogP contribution is -2.31. The number of aryl methyl sites for hydroxylation is 1. The molecule has 1 saturated heterocycles. The van der Waals surface area contributed by atoms with Gasteiger partial charge >= 0.3 is 0 Å². The first-order valence-electron chi connectivity index (χ1n) is 11.8. The van der Waals surface area contributed by atoms with Gasteiger partial charge in [0.25, 0.3) is 0 Å². The van der Waals surface area contributed by atoms with Gasteiger partial charge in [0, 0.05) is 24.9 Å². The van der Waals surface area contributed by atoms with Crippen LogP contribution >= 0.6 is 0 Å². The van der Waals surface area contributed by atoms with Crippen molar-refractivity contribution in [1.29, 1.82) is 0 Å². The lowest BCUT2D eigenvalue weighted by atomic mass is 10.1. The Balaban J connectivity index is 1.77. The van der Waals surface area contributed by atoms with Crippen molar-refractivity contribution in [1.82, 2.24) is 24.7 Å². The fraction of sp³-hybridized carbons (Fsp3) is 0.500. The Bertz CT molecular complexity index is 1270. The molecule has 0 saturated carbocycles. The monoisotopic (exact) mass is 516 g/mol. The lowest BCUT2D eigenvalue weighted by Gasteiger charge is -2.25. The summed E-state index contributed by atoms with van der Waals surface area (Å²) in [5, 5.41) is 7.74. The van der Waals surface area contributed by atoms with E-state index in [9.17, 15) is 8.42 Å². The number of nitrogens with one attached hydrogen (secondary N) is 1. The highest BCUT2D eigenvalue weighted by molar-refractivity contribution is 7.93.